The van der Waals surface area contributed by atoms with Crippen molar-refractivity contribution < 1.29 is 14.7 Å². The molecule has 2 amide bonds. The number of hydrogen-bond donors (Lipinski definition) is 1. The van der Waals surface area contributed by atoms with Crippen LogP contribution < -0.4 is 0 Å². The van der Waals surface area contributed by atoms with E-state index >= 15 is 0 Å². The van der Waals surface area contributed by atoms with Crippen LogP contribution in [0.4, 0.5) is 4.79 Å². The normalized spacial score (nSPS) is 22.1. The lowest BCUT2D eigenvalue weighted by Gasteiger charge is -2.34. The molecule has 0 radical (unpaired) electrons. The Labute approximate surface area is 122 Å². The van der Waals surface area contributed by atoms with Gasteiger partial charge < -0.3 is 14.9 Å². The summed E-state index contributed by atoms with van der Waals surface area (Å²) >= 11 is 1.54. The van der Waals surface area contributed by atoms with Crippen LogP contribution in [0.1, 0.15) is 30.5 Å². The predicted octanol–water partition coefficient (Wildman–Crippen LogP) is 1.94. The Morgan fingerprint density at radius 3 is 2.85 bits per heavy atom. The first-order valence-corrected chi connectivity index (χ1v) is 7.39. The summed E-state index contributed by atoms with van der Waals surface area (Å²) in [5.74, 6) is -0.943. The third kappa shape index (κ3) is 2.63. The number of carboxylic acid groups (broad SMARTS) is 1. The van der Waals surface area contributed by atoms with Crippen molar-refractivity contribution in [3.63, 3.8) is 0 Å². The number of aryl methyl sites for hydroxylation is 1. The fraction of sp³-hybridized carbons (Fsp3) is 0.615. The maximum absolute atomic E-state index is 12.4. The molecular formula is C13H19N3O3S. The molecule has 2 heterocycles. The fourth-order valence-electron chi connectivity index (χ4n) is 2.49. The Hall–Kier alpha value is -1.63. The zero-order valence-corrected chi connectivity index (χ0v) is 12.7. The van der Waals surface area contributed by atoms with Crippen LogP contribution in [0.5, 0.6) is 0 Å². The van der Waals surface area contributed by atoms with Gasteiger partial charge in [-0.25, -0.2) is 14.6 Å². The van der Waals surface area contributed by atoms with Crippen LogP contribution in [0.3, 0.4) is 0 Å². The summed E-state index contributed by atoms with van der Waals surface area (Å²) in [6.45, 7) is 4.41. The third-order valence-electron chi connectivity index (χ3n) is 3.72. The average Bonchev–Trinajstić information content (AvgIpc) is 2.95. The lowest BCUT2D eigenvalue weighted by molar-refractivity contribution is -0.147. The second kappa shape index (κ2) is 5.40. The molecule has 2 rings (SSSR count). The highest BCUT2D eigenvalue weighted by Crippen LogP contribution is 2.30. The maximum Gasteiger partial charge on any atom is 0.329 e. The predicted molar refractivity (Wildman–Crippen MR) is 75.7 cm³/mol. The Kier molecular flexibility index (Phi) is 3.99. The van der Waals surface area contributed by atoms with Gasteiger partial charge in [-0.05, 0) is 26.7 Å². The number of amides is 2. The van der Waals surface area contributed by atoms with Crippen molar-refractivity contribution in [1.29, 1.82) is 0 Å². The zero-order chi connectivity index (χ0) is 14.9. The van der Waals surface area contributed by atoms with E-state index in [1.54, 1.807) is 14.0 Å². The highest BCUT2D eigenvalue weighted by Gasteiger charge is 2.46. The molecule has 0 aliphatic carbocycles. The van der Waals surface area contributed by atoms with Gasteiger partial charge in [-0.3, -0.25) is 0 Å². The molecule has 1 aliphatic rings. The van der Waals surface area contributed by atoms with E-state index in [4.69, 9.17) is 0 Å². The van der Waals surface area contributed by atoms with Crippen LogP contribution in [0, 0.1) is 6.92 Å². The van der Waals surface area contributed by atoms with Crippen LogP contribution in [0.2, 0.25) is 0 Å². The van der Waals surface area contributed by atoms with Gasteiger partial charge in [0.15, 0.2) is 0 Å². The number of hydrogen-bond acceptors (Lipinski definition) is 4. The summed E-state index contributed by atoms with van der Waals surface area (Å²) in [6, 6.07) is -0.252. The largest absolute Gasteiger partial charge is 0.480 e. The highest BCUT2D eigenvalue weighted by molar-refractivity contribution is 7.09. The summed E-state index contributed by atoms with van der Waals surface area (Å²) in [5, 5.41) is 12.2. The molecule has 0 spiro atoms. The van der Waals surface area contributed by atoms with E-state index in [9.17, 15) is 14.7 Å². The monoisotopic (exact) mass is 297 g/mol. The van der Waals surface area contributed by atoms with E-state index in [-0.39, 0.29) is 6.03 Å². The van der Waals surface area contributed by atoms with Gasteiger partial charge in [0.25, 0.3) is 0 Å². The van der Waals surface area contributed by atoms with E-state index in [1.165, 1.54) is 21.1 Å². The minimum absolute atomic E-state index is 0.252. The molecule has 1 aromatic rings. The quantitative estimate of drug-likeness (QED) is 0.925. The van der Waals surface area contributed by atoms with Crippen LogP contribution in [0.15, 0.2) is 5.38 Å². The summed E-state index contributed by atoms with van der Waals surface area (Å²) in [7, 11) is 1.68. The van der Waals surface area contributed by atoms with Crippen molar-refractivity contribution in [2.75, 3.05) is 13.6 Å². The molecule has 6 nitrogen and oxygen atoms in total. The van der Waals surface area contributed by atoms with Crippen molar-refractivity contribution >= 4 is 23.3 Å². The molecule has 0 aromatic carbocycles. The lowest BCUT2D eigenvalue weighted by atomic mass is 10.00. The van der Waals surface area contributed by atoms with E-state index in [0.29, 0.717) is 19.5 Å². The topological polar surface area (TPSA) is 73.7 Å². The smallest absolute Gasteiger partial charge is 0.329 e. The molecule has 20 heavy (non-hydrogen) atoms. The van der Waals surface area contributed by atoms with Gasteiger partial charge in [0.2, 0.25) is 0 Å². The average molecular weight is 297 g/mol. The fourth-order valence-corrected chi connectivity index (χ4v) is 3.09. The maximum atomic E-state index is 12.4. The van der Waals surface area contributed by atoms with E-state index in [0.717, 1.165) is 17.1 Å². The van der Waals surface area contributed by atoms with E-state index in [2.05, 4.69) is 4.98 Å². The van der Waals surface area contributed by atoms with Crippen molar-refractivity contribution in [3.8, 4) is 0 Å². The number of aromatic nitrogens is 1. The van der Waals surface area contributed by atoms with Gasteiger partial charge in [0.05, 0.1) is 17.2 Å². The van der Waals surface area contributed by atoms with Crippen molar-refractivity contribution in [3.05, 3.63) is 16.1 Å². The number of aliphatic carboxylic acids is 1. The molecule has 7 heteroatoms. The Morgan fingerprint density at radius 2 is 2.30 bits per heavy atom. The number of carbonyl (C=O) groups excluding carboxylic acids is 1. The molecule has 1 aromatic heterocycles. The van der Waals surface area contributed by atoms with Gasteiger partial charge in [0, 0.05) is 19.0 Å². The number of likely N-dealkylation sites (tertiary alicyclic amines) is 1. The SMILES string of the molecule is Cc1nc(CN(C)C(=O)N2CCCC2(C)C(=O)O)cs1. The van der Waals surface area contributed by atoms with Crippen molar-refractivity contribution in [1.82, 2.24) is 14.8 Å². The summed E-state index contributed by atoms with van der Waals surface area (Å²) in [6.07, 6.45) is 1.22. The van der Waals surface area contributed by atoms with Crippen LogP contribution in [-0.4, -0.2) is 51.0 Å². The molecule has 110 valence electrons. The molecule has 1 fully saturated rings. The first kappa shape index (κ1) is 14.8. The number of rotatable bonds is 3. The number of thiazole rings is 1. The Morgan fingerprint density at radius 1 is 1.60 bits per heavy atom. The zero-order valence-electron chi connectivity index (χ0n) is 11.9. The first-order valence-electron chi connectivity index (χ1n) is 6.52. The number of nitrogens with zero attached hydrogens (tertiary/aromatic N) is 3. The summed E-state index contributed by atoms with van der Waals surface area (Å²) in [4.78, 5) is 31.1. The third-order valence-corrected chi connectivity index (χ3v) is 4.55. The van der Waals surface area contributed by atoms with Crippen LogP contribution >= 0.6 is 11.3 Å². The second-order valence-corrected chi connectivity index (χ2v) is 6.39. The number of carboxylic acids is 1. The summed E-state index contributed by atoms with van der Waals surface area (Å²) < 4.78 is 0. The van der Waals surface area contributed by atoms with Crippen molar-refractivity contribution in [2.24, 2.45) is 0 Å². The van der Waals surface area contributed by atoms with Crippen LogP contribution in [-0.2, 0) is 11.3 Å². The molecule has 1 aliphatic heterocycles. The van der Waals surface area contributed by atoms with Gasteiger partial charge in [-0.1, -0.05) is 0 Å². The second-order valence-electron chi connectivity index (χ2n) is 5.33. The molecule has 0 saturated carbocycles. The van der Waals surface area contributed by atoms with Gasteiger partial charge in [-0.2, -0.15) is 0 Å². The first-order chi connectivity index (χ1) is 9.34. The van der Waals surface area contributed by atoms with E-state index < -0.39 is 11.5 Å². The van der Waals surface area contributed by atoms with Crippen molar-refractivity contribution in [2.45, 2.75) is 38.8 Å². The van der Waals surface area contributed by atoms with E-state index in [1.807, 2.05) is 12.3 Å². The van der Waals surface area contributed by atoms with Gasteiger partial charge >= 0.3 is 12.0 Å². The van der Waals surface area contributed by atoms with Crippen LogP contribution in [0.25, 0.3) is 0 Å². The Bertz CT molecular complexity index is 531. The molecule has 0 bridgehead atoms. The molecule has 1 saturated heterocycles. The lowest BCUT2D eigenvalue weighted by Crippen LogP contribution is -2.54. The molecular weight excluding hydrogens is 278 g/mol. The summed E-state index contributed by atoms with van der Waals surface area (Å²) in [5.41, 5.74) is -0.261. The Balaban J connectivity index is 2.08. The molecule has 1 atom stereocenters. The minimum Gasteiger partial charge on any atom is -0.480 e. The number of carbonyl (C=O) groups is 2. The highest BCUT2D eigenvalue weighted by atomic mass is 32.1. The molecule has 1 N–H and O–H groups in total. The van der Waals surface area contributed by atoms with Gasteiger partial charge in [-0.15, -0.1) is 11.3 Å². The molecule has 1 unspecified atom stereocenters. The number of urea groups is 1. The minimum atomic E-state index is -1.09. The van der Waals surface area contributed by atoms with Gasteiger partial charge in [0.1, 0.15) is 5.54 Å². The standard InChI is InChI=1S/C13H19N3O3S/c1-9-14-10(8-20-9)7-15(3)12(19)16-6-4-5-13(16,2)11(17)18/h8H,4-7H2,1-3H3,(H,17,18).